The molecule has 0 fully saturated rings. The molecule has 16 heavy (non-hydrogen) atoms. The van der Waals surface area contributed by atoms with E-state index >= 15 is 0 Å². The van der Waals surface area contributed by atoms with Gasteiger partial charge < -0.3 is 9.47 Å². The van der Waals surface area contributed by atoms with Gasteiger partial charge in [0.1, 0.15) is 5.75 Å². The molecule has 1 rings (SSSR count). The molecule has 0 amide bonds. The Morgan fingerprint density at radius 2 is 2.19 bits per heavy atom. The summed E-state index contributed by atoms with van der Waals surface area (Å²) in [5, 5.41) is 0. The molecule has 0 atom stereocenters. The zero-order valence-electron chi connectivity index (χ0n) is 9.06. The fraction of sp³-hybridized carbons (Fsp3) is 0.167. The van der Waals surface area contributed by atoms with Crippen LogP contribution in [-0.4, -0.2) is 20.2 Å². The van der Waals surface area contributed by atoms with Crippen molar-refractivity contribution in [2.45, 2.75) is 0 Å². The molecule has 0 N–H and O–H groups in total. The van der Waals surface area contributed by atoms with Crippen molar-refractivity contribution in [3.05, 3.63) is 41.3 Å². The minimum Gasteiger partial charge on any atom is -0.497 e. The number of hydrogen-bond donors (Lipinski definition) is 0. The molecular formula is C12H11NO3. The zero-order valence-corrected chi connectivity index (χ0v) is 9.06. The van der Waals surface area contributed by atoms with E-state index in [-0.39, 0.29) is 0 Å². The summed E-state index contributed by atoms with van der Waals surface area (Å²) in [5.41, 5.74) is 1.08. The van der Waals surface area contributed by atoms with Crippen molar-refractivity contribution in [1.82, 2.24) is 0 Å². The van der Waals surface area contributed by atoms with E-state index in [9.17, 15) is 4.79 Å². The molecule has 0 saturated heterocycles. The third-order valence-corrected chi connectivity index (χ3v) is 1.96. The number of benzene rings is 1. The average Bonchev–Trinajstić information content (AvgIpc) is 2.35. The lowest BCUT2D eigenvalue weighted by atomic mass is 10.1. The molecule has 0 saturated carbocycles. The van der Waals surface area contributed by atoms with Gasteiger partial charge in [-0.3, -0.25) is 0 Å². The fourth-order valence-corrected chi connectivity index (χ4v) is 1.12. The van der Waals surface area contributed by atoms with Crippen LogP contribution in [0.4, 0.5) is 5.69 Å². The van der Waals surface area contributed by atoms with Crippen molar-refractivity contribution < 1.29 is 14.3 Å². The van der Waals surface area contributed by atoms with Gasteiger partial charge in [-0.15, -0.1) is 0 Å². The van der Waals surface area contributed by atoms with Gasteiger partial charge in [-0.05, 0) is 17.7 Å². The van der Waals surface area contributed by atoms with Crippen LogP contribution in [0.3, 0.4) is 0 Å². The van der Waals surface area contributed by atoms with Crippen LogP contribution >= 0.6 is 0 Å². The van der Waals surface area contributed by atoms with Crippen LogP contribution in [0.25, 0.3) is 10.9 Å². The molecule has 0 aliphatic heterocycles. The second-order valence-corrected chi connectivity index (χ2v) is 2.89. The molecule has 1 aromatic carbocycles. The topological polar surface area (TPSA) is 39.9 Å². The molecule has 0 radical (unpaired) electrons. The lowest BCUT2D eigenvalue weighted by Crippen LogP contribution is -1.93. The number of carbonyl (C=O) groups excluding carboxylic acids is 1. The molecule has 0 aromatic heterocycles. The second-order valence-electron chi connectivity index (χ2n) is 2.89. The van der Waals surface area contributed by atoms with Crippen molar-refractivity contribution in [2.75, 3.05) is 14.2 Å². The third kappa shape index (κ3) is 2.85. The molecule has 82 valence electrons. The quantitative estimate of drug-likeness (QED) is 0.443. The molecular weight excluding hydrogens is 206 g/mol. The molecule has 0 aliphatic carbocycles. The predicted molar refractivity (Wildman–Crippen MR) is 60.3 cm³/mol. The maximum Gasteiger partial charge on any atom is 0.330 e. The Bertz CT molecular complexity index is 458. The molecule has 0 bridgehead atoms. The van der Waals surface area contributed by atoms with E-state index in [4.69, 9.17) is 11.3 Å². The number of ether oxygens (including phenoxy) is 2. The summed E-state index contributed by atoms with van der Waals surface area (Å²) in [7, 11) is 2.84. The summed E-state index contributed by atoms with van der Waals surface area (Å²) in [6.45, 7) is 6.98. The van der Waals surface area contributed by atoms with Gasteiger partial charge in [0.25, 0.3) is 0 Å². The monoisotopic (exact) mass is 217 g/mol. The van der Waals surface area contributed by atoms with Gasteiger partial charge in [-0.2, -0.15) is 0 Å². The van der Waals surface area contributed by atoms with Crippen LogP contribution in [0, 0.1) is 6.57 Å². The summed E-state index contributed by atoms with van der Waals surface area (Å²) in [4.78, 5) is 14.3. The first-order chi connectivity index (χ1) is 7.71. The number of nitrogens with zero attached hydrogens (tertiary/aromatic N) is 1. The van der Waals surface area contributed by atoms with E-state index < -0.39 is 5.97 Å². The first-order valence-electron chi connectivity index (χ1n) is 4.52. The molecule has 0 heterocycles. The van der Waals surface area contributed by atoms with Crippen LogP contribution in [0.1, 0.15) is 5.56 Å². The standard InChI is InChI=1S/C12H11NO3/c1-13-11-6-5-10(15-2)8-9(11)4-7-12(14)16-3/h4-8H,2-3H3/b7-4+. The van der Waals surface area contributed by atoms with E-state index in [2.05, 4.69) is 9.58 Å². The normalized spacial score (nSPS) is 9.81. The van der Waals surface area contributed by atoms with Gasteiger partial charge in [-0.25, -0.2) is 9.64 Å². The van der Waals surface area contributed by atoms with Crippen molar-refractivity contribution in [3.63, 3.8) is 0 Å². The van der Waals surface area contributed by atoms with Gasteiger partial charge >= 0.3 is 5.97 Å². The first kappa shape index (κ1) is 11.8. The lowest BCUT2D eigenvalue weighted by Gasteiger charge is -2.02. The maximum atomic E-state index is 10.9. The molecule has 4 nitrogen and oxygen atoms in total. The summed E-state index contributed by atoms with van der Waals surface area (Å²) in [6, 6.07) is 5.03. The Morgan fingerprint density at radius 1 is 1.44 bits per heavy atom. The Morgan fingerprint density at radius 3 is 2.75 bits per heavy atom. The summed E-state index contributed by atoms with van der Waals surface area (Å²) < 4.78 is 9.50. The molecule has 4 heteroatoms. The summed E-state index contributed by atoms with van der Waals surface area (Å²) in [5.74, 6) is 0.177. The van der Waals surface area contributed by atoms with E-state index in [0.717, 1.165) is 0 Å². The van der Waals surface area contributed by atoms with Crippen LogP contribution in [-0.2, 0) is 9.53 Å². The number of carbonyl (C=O) groups is 1. The molecule has 0 spiro atoms. The summed E-state index contributed by atoms with van der Waals surface area (Å²) in [6.07, 6.45) is 2.80. The van der Waals surface area contributed by atoms with Gasteiger partial charge in [-0.1, -0.05) is 12.1 Å². The average molecular weight is 217 g/mol. The second kappa shape index (κ2) is 5.56. The summed E-state index contributed by atoms with van der Waals surface area (Å²) >= 11 is 0. The highest BCUT2D eigenvalue weighted by molar-refractivity contribution is 5.88. The van der Waals surface area contributed by atoms with Gasteiger partial charge in [0.15, 0.2) is 5.69 Å². The Balaban J connectivity index is 3.06. The minimum absolute atomic E-state index is 0.459. The smallest absolute Gasteiger partial charge is 0.330 e. The Kier molecular flexibility index (Phi) is 4.10. The number of esters is 1. The minimum atomic E-state index is -0.459. The number of hydrogen-bond acceptors (Lipinski definition) is 3. The number of methoxy groups -OCH3 is 2. The van der Waals surface area contributed by atoms with E-state index in [1.165, 1.54) is 19.3 Å². The Hall–Kier alpha value is -2.28. The molecule has 0 unspecified atom stereocenters. The van der Waals surface area contributed by atoms with Crippen molar-refractivity contribution >= 4 is 17.7 Å². The molecule has 0 aliphatic rings. The van der Waals surface area contributed by atoms with Crippen molar-refractivity contribution in [1.29, 1.82) is 0 Å². The van der Waals surface area contributed by atoms with E-state index in [0.29, 0.717) is 17.0 Å². The van der Waals surface area contributed by atoms with Crippen molar-refractivity contribution in [3.8, 4) is 5.75 Å². The van der Waals surface area contributed by atoms with Gasteiger partial charge in [0.05, 0.1) is 20.8 Å². The van der Waals surface area contributed by atoms with Crippen LogP contribution in [0.5, 0.6) is 5.75 Å². The predicted octanol–water partition coefficient (Wildman–Crippen LogP) is 2.43. The van der Waals surface area contributed by atoms with Crippen LogP contribution < -0.4 is 4.74 Å². The third-order valence-electron chi connectivity index (χ3n) is 1.96. The highest BCUT2D eigenvalue weighted by Crippen LogP contribution is 2.25. The zero-order chi connectivity index (χ0) is 12.0. The number of rotatable bonds is 3. The van der Waals surface area contributed by atoms with Gasteiger partial charge in [0.2, 0.25) is 0 Å². The Labute approximate surface area is 93.9 Å². The van der Waals surface area contributed by atoms with E-state index in [1.807, 2.05) is 0 Å². The van der Waals surface area contributed by atoms with Crippen molar-refractivity contribution in [2.24, 2.45) is 0 Å². The highest BCUT2D eigenvalue weighted by atomic mass is 16.5. The fourth-order valence-electron chi connectivity index (χ4n) is 1.12. The van der Waals surface area contributed by atoms with Crippen LogP contribution in [0.2, 0.25) is 0 Å². The van der Waals surface area contributed by atoms with Gasteiger partial charge in [0, 0.05) is 6.08 Å². The largest absolute Gasteiger partial charge is 0.497 e. The van der Waals surface area contributed by atoms with Crippen LogP contribution in [0.15, 0.2) is 24.3 Å². The molecule has 1 aromatic rings. The first-order valence-corrected chi connectivity index (χ1v) is 4.52. The SMILES string of the molecule is [C-]#[N+]c1ccc(OC)cc1/C=C/C(=O)OC. The highest BCUT2D eigenvalue weighted by Gasteiger charge is 2.02. The maximum absolute atomic E-state index is 10.9. The van der Waals surface area contributed by atoms with E-state index in [1.54, 1.807) is 25.3 Å². The lowest BCUT2D eigenvalue weighted by molar-refractivity contribution is -0.134.